The zero-order valence-electron chi connectivity index (χ0n) is 16.3. The summed E-state index contributed by atoms with van der Waals surface area (Å²) in [6.45, 7) is 2.02. The monoisotopic (exact) mass is 407 g/mol. The average molecular weight is 408 g/mol. The van der Waals surface area contributed by atoms with Gasteiger partial charge in [0.1, 0.15) is 23.6 Å². The second-order valence-corrected chi connectivity index (χ2v) is 7.27. The van der Waals surface area contributed by atoms with E-state index in [0.29, 0.717) is 5.82 Å². The molecule has 2 heterocycles. The highest BCUT2D eigenvalue weighted by molar-refractivity contribution is 5.98. The number of anilines is 1. The number of nitrogens with zero attached hydrogens (tertiary/aromatic N) is 4. The Bertz CT molecular complexity index is 1180. The predicted octanol–water partition coefficient (Wildman–Crippen LogP) is 4.15. The summed E-state index contributed by atoms with van der Waals surface area (Å²) >= 11 is 0. The van der Waals surface area contributed by atoms with Crippen LogP contribution in [0.2, 0.25) is 0 Å². The Labute approximate surface area is 175 Å². The summed E-state index contributed by atoms with van der Waals surface area (Å²) in [4.78, 5) is 8.75. The Morgan fingerprint density at radius 3 is 2.48 bits per heavy atom. The topological polar surface area (TPSA) is 78.8 Å². The zero-order chi connectivity index (χ0) is 19.3. The number of benzene rings is 2. The second kappa shape index (κ2) is 7.37. The Morgan fingerprint density at radius 2 is 1.79 bits per heavy atom. The lowest BCUT2D eigenvalue weighted by Gasteiger charge is -2.10. The van der Waals surface area contributed by atoms with Crippen molar-refractivity contribution in [2.24, 2.45) is 0 Å². The molecular weight excluding hydrogens is 386 g/mol. The van der Waals surface area contributed by atoms with Gasteiger partial charge in [-0.3, -0.25) is 0 Å². The summed E-state index contributed by atoms with van der Waals surface area (Å²) in [5, 5.41) is 5.76. The number of aromatic nitrogens is 4. The average Bonchev–Trinajstić information content (AvgIpc) is 3.30. The lowest BCUT2D eigenvalue weighted by Crippen LogP contribution is -2.11. The van der Waals surface area contributed by atoms with Crippen LogP contribution in [0.4, 0.5) is 5.82 Å². The molecule has 0 aliphatic heterocycles. The number of rotatable bonds is 3. The lowest BCUT2D eigenvalue weighted by molar-refractivity contribution is 0.412. The van der Waals surface area contributed by atoms with E-state index < -0.39 is 0 Å². The number of aryl methyl sites for hydroxylation is 1. The quantitative estimate of drug-likeness (QED) is 0.551. The minimum Gasteiger partial charge on any atom is -0.496 e. The fourth-order valence-corrected chi connectivity index (χ4v) is 4.13. The molecule has 1 aliphatic carbocycles. The van der Waals surface area contributed by atoms with Crippen LogP contribution >= 0.6 is 12.4 Å². The van der Waals surface area contributed by atoms with Crippen molar-refractivity contribution in [3.05, 3.63) is 65.5 Å². The van der Waals surface area contributed by atoms with E-state index in [1.165, 1.54) is 17.5 Å². The Morgan fingerprint density at radius 1 is 1.07 bits per heavy atom. The van der Waals surface area contributed by atoms with Crippen LogP contribution in [-0.2, 0) is 12.8 Å². The summed E-state index contributed by atoms with van der Waals surface area (Å²) in [5.41, 5.74) is 12.6. The van der Waals surface area contributed by atoms with Gasteiger partial charge in [-0.15, -0.1) is 12.4 Å². The van der Waals surface area contributed by atoms with Gasteiger partial charge < -0.3 is 10.5 Å². The van der Waals surface area contributed by atoms with Gasteiger partial charge in [0.25, 0.3) is 0 Å². The first-order valence-electron chi connectivity index (χ1n) is 9.36. The number of methoxy groups -OCH3 is 1. The molecule has 1 aliphatic rings. The molecule has 29 heavy (non-hydrogen) atoms. The maximum atomic E-state index is 6.26. The smallest absolute Gasteiger partial charge is 0.164 e. The van der Waals surface area contributed by atoms with Gasteiger partial charge in [0.15, 0.2) is 5.65 Å². The van der Waals surface area contributed by atoms with E-state index in [-0.39, 0.29) is 18.4 Å². The third-order valence-corrected chi connectivity index (χ3v) is 5.57. The minimum atomic E-state index is 0. The third-order valence-electron chi connectivity index (χ3n) is 5.57. The number of hydrogen-bond acceptors (Lipinski definition) is 5. The van der Waals surface area contributed by atoms with Crippen LogP contribution in [0.3, 0.4) is 0 Å². The molecule has 4 aromatic rings. The summed E-state index contributed by atoms with van der Waals surface area (Å²) in [7, 11) is 1.68. The fraction of sp³-hybridized carbons (Fsp3) is 0.227. The van der Waals surface area contributed by atoms with Gasteiger partial charge in [-0.1, -0.05) is 36.4 Å². The largest absolute Gasteiger partial charge is 0.496 e. The van der Waals surface area contributed by atoms with E-state index in [0.717, 1.165) is 46.4 Å². The van der Waals surface area contributed by atoms with Gasteiger partial charge in [0, 0.05) is 5.56 Å². The van der Waals surface area contributed by atoms with Crippen molar-refractivity contribution >= 4 is 29.3 Å². The highest BCUT2D eigenvalue weighted by Crippen LogP contribution is 2.37. The molecule has 2 aromatic heterocycles. The number of nitrogens with two attached hydrogens (primary N) is 1. The van der Waals surface area contributed by atoms with E-state index in [4.69, 9.17) is 15.6 Å². The fourth-order valence-electron chi connectivity index (χ4n) is 4.13. The lowest BCUT2D eigenvalue weighted by atomic mass is 10.1. The van der Waals surface area contributed by atoms with Gasteiger partial charge in [-0.25, -0.2) is 14.6 Å². The van der Waals surface area contributed by atoms with Crippen molar-refractivity contribution < 1.29 is 4.74 Å². The van der Waals surface area contributed by atoms with Crippen LogP contribution in [0, 0.1) is 6.92 Å². The van der Waals surface area contributed by atoms with Crippen molar-refractivity contribution in [3.63, 3.8) is 0 Å². The third kappa shape index (κ3) is 3.09. The van der Waals surface area contributed by atoms with Crippen LogP contribution in [0.1, 0.15) is 22.7 Å². The van der Waals surface area contributed by atoms with Crippen molar-refractivity contribution in [3.8, 4) is 17.0 Å². The molecule has 0 fully saturated rings. The van der Waals surface area contributed by atoms with Crippen molar-refractivity contribution in [1.29, 1.82) is 0 Å². The van der Waals surface area contributed by atoms with Crippen LogP contribution in [0.15, 0.2) is 48.8 Å². The van der Waals surface area contributed by atoms with Gasteiger partial charge in [-0.2, -0.15) is 5.10 Å². The number of halogens is 1. The van der Waals surface area contributed by atoms with Crippen LogP contribution in [-0.4, -0.2) is 26.9 Å². The Balaban J connectivity index is 0.00000205. The summed E-state index contributed by atoms with van der Waals surface area (Å²) in [6, 6.07) is 14.8. The molecule has 2 N–H and O–H groups in total. The first kappa shape index (κ1) is 19.2. The zero-order valence-corrected chi connectivity index (χ0v) is 17.1. The van der Waals surface area contributed by atoms with E-state index in [9.17, 15) is 0 Å². The van der Waals surface area contributed by atoms with Gasteiger partial charge >= 0.3 is 0 Å². The second-order valence-electron chi connectivity index (χ2n) is 7.27. The molecule has 0 saturated carbocycles. The van der Waals surface area contributed by atoms with E-state index in [1.54, 1.807) is 7.11 Å². The highest BCUT2D eigenvalue weighted by Gasteiger charge is 2.27. The van der Waals surface area contributed by atoms with Gasteiger partial charge in [0.05, 0.1) is 18.5 Å². The summed E-state index contributed by atoms with van der Waals surface area (Å²) in [5.74, 6) is 1.27. The first-order valence-corrected chi connectivity index (χ1v) is 9.36. The molecule has 0 spiro atoms. The molecule has 0 radical (unpaired) electrons. The summed E-state index contributed by atoms with van der Waals surface area (Å²) in [6.07, 6.45) is 3.39. The normalized spacial score (nSPS) is 13.3. The molecule has 148 valence electrons. The molecule has 0 atom stereocenters. The maximum absolute atomic E-state index is 6.26. The van der Waals surface area contributed by atoms with Crippen molar-refractivity contribution in [2.45, 2.75) is 25.8 Å². The first-order chi connectivity index (χ1) is 13.7. The number of ether oxygens (including phenoxy) is 1. The molecule has 6 nitrogen and oxygen atoms in total. The van der Waals surface area contributed by atoms with Gasteiger partial charge in [0.2, 0.25) is 0 Å². The number of nitrogen functional groups attached to an aromatic ring is 1. The molecule has 2 aromatic carbocycles. The van der Waals surface area contributed by atoms with Crippen LogP contribution in [0.25, 0.3) is 22.3 Å². The standard InChI is InChI=1S/C22H21N5O.ClH/c1-13-7-8-16(11-18(13)28-2)20-19-21(23)24-12-25-22(19)27(26-20)17-9-14-5-3-4-6-15(14)10-17;/h3-8,11-12,17H,9-10H2,1-2H3,(H2,23,24,25);1H. The van der Waals surface area contributed by atoms with Crippen LogP contribution < -0.4 is 10.5 Å². The van der Waals surface area contributed by atoms with E-state index in [2.05, 4.69) is 34.2 Å². The van der Waals surface area contributed by atoms with Gasteiger partial charge in [-0.05, 0) is 42.5 Å². The highest BCUT2D eigenvalue weighted by atomic mass is 35.5. The van der Waals surface area contributed by atoms with Crippen LogP contribution in [0.5, 0.6) is 5.75 Å². The maximum Gasteiger partial charge on any atom is 0.164 e. The predicted molar refractivity (Wildman–Crippen MR) is 117 cm³/mol. The minimum absolute atomic E-state index is 0. The summed E-state index contributed by atoms with van der Waals surface area (Å²) < 4.78 is 7.52. The molecule has 0 amide bonds. The Hall–Kier alpha value is -3.12. The SMILES string of the molecule is COc1cc(-c2nn(C3Cc4ccccc4C3)c3ncnc(N)c23)ccc1C.Cl. The molecular formula is C22H22ClN5O. The molecule has 7 heteroatoms. The van der Waals surface area contributed by atoms with E-state index in [1.807, 2.05) is 29.8 Å². The molecule has 5 rings (SSSR count). The number of hydrogen-bond donors (Lipinski definition) is 1. The molecule has 0 saturated heterocycles. The molecule has 0 bridgehead atoms. The Kier molecular flexibility index (Phi) is 4.88. The molecule has 0 unspecified atom stereocenters. The number of fused-ring (bicyclic) bond motifs is 2. The van der Waals surface area contributed by atoms with E-state index >= 15 is 0 Å². The van der Waals surface area contributed by atoms with Crippen molar-refractivity contribution in [1.82, 2.24) is 19.7 Å². The van der Waals surface area contributed by atoms with Crippen molar-refractivity contribution in [2.75, 3.05) is 12.8 Å².